The Morgan fingerprint density at radius 3 is 2.50 bits per heavy atom. The molecule has 3 nitrogen and oxygen atoms in total. The minimum Gasteiger partial charge on any atom is -0.343 e. The summed E-state index contributed by atoms with van der Waals surface area (Å²) in [6, 6.07) is 0.212. The van der Waals surface area contributed by atoms with Gasteiger partial charge in [0, 0.05) is 25.6 Å². The maximum absolute atomic E-state index is 11.6. The molecule has 0 radical (unpaired) electrons. The number of carbonyl (C=O) groups excluding carboxylic acids is 1. The Kier molecular flexibility index (Phi) is 7.48. The highest BCUT2D eigenvalue weighted by Crippen LogP contribution is 2.03. The van der Waals surface area contributed by atoms with Gasteiger partial charge in [0.15, 0.2) is 0 Å². The van der Waals surface area contributed by atoms with Crippen LogP contribution >= 0.6 is 0 Å². The van der Waals surface area contributed by atoms with E-state index in [1.54, 1.807) is 0 Å². The molecule has 0 spiro atoms. The Balaban J connectivity index is 3.69. The van der Waals surface area contributed by atoms with Crippen LogP contribution in [0.25, 0.3) is 0 Å². The molecule has 0 aromatic carbocycles. The monoisotopic (exact) mass is 200 g/mol. The second-order valence-corrected chi connectivity index (χ2v) is 3.84. The fraction of sp³-hybridized carbons (Fsp3) is 0.909. The highest BCUT2D eigenvalue weighted by atomic mass is 16.2. The van der Waals surface area contributed by atoms with E-state index in [9.17, 15) is 4.79 Å². The van der Waals surface area contributed by atoms with Gasteiger partial charge >= 0.3 is 0 Å². The smallest absolute Gasteiger partial charge is 0.222 e. The highest BCUT2D eigenvalue weighted by molar-refractivity contribution is 5.76. The summed E-state index contributed by atoms with van der Waals surface area (Å²) in [7, 11) is 0. The lowest BCUT2D eigenvalue weighted by atomic mass is 10.1. The lowest BCUT2D eigenvalue weighted by molar-refractivity contribution is -0.131. The van der Waals surface area contributed by atoms with Crippen LogP contribution in [0.2, 0.25) is 0 Å². The van der Waals surface area contributed by atoms with Gasteiger partial charge in [-0.3, -0.25) is 4.79 Å². The first kappa shape index (κ1) is 13.4. The van der Waals surface area contributed by atoms with Crippen molar-refractivity contribution in [2.75, 3.05) is 13.1 Å². The molecule has 0 heterocycles. The molecule has 1 atom stereocenters. The largest absolute Gasteiger partial charge is 0.343 e. The number of rotatable bonds is 7. The van der Waals surface area contributed by atoms with E-state index in [4.69, 9.17) is 5.73 Å². The van der Waals surface area contributed by atoms with Gasteiger partial charge in [-0.25, -0.2) is 0 Å². The third kappa shape index (κ3) is 5.97. The van der Waals surface area contributed by atoms with Crippen molar-refractivity contribution in [1.82, 2.24) is 4.90 Å². The molecule has 0 bridgehead atoms. The molecule has 0 saturated heterocycles. The molecule has 1 unspecified atom stereocenters. The average Bonchev–Trinajstić information content (AvgIpc) is 2.13. The third-order valence-electron chi connectivity index (χ3n) is 2.28. The average molecular weight is 200 g/mol. The van der Waals surface area contributed by atoms with Crippen molar-refractivity contribution in [1.29, 1.82) is 0 Å². The molecule has 3 heteroatoms. The minimum atomic E-state index is 0.212. The highest BCUT2D eigenvalue weighted by Gasteiger charge is 2.09. The molecule has 84 valence electrons. The van der Waals surface area contributed by atoms with Crippen molar-refractivity contribution in [2.24, 2.45) is 5.73 Å². The Hall–Kier alpha value is -0.570. The number of hydrogen-bond donors (Lipinski definition) is 1. The number of hydrogen-bond acceptors (Lipinski definition) is 2. The summed E-state index contributed by atoms with van der Waals surface area (Å²) in [4.78, 5) is 13.5. The molecular weight excluding hydrogens is 176 g/mol. The minimum absolute atomic E-state index is 0.212. The molecule has 0 aromatic heterocycles. The zero-order valence-corrected chi connectivity index (χ0v) is 9.75. The molecule has 0 aromatic rings. The van der Waals surface area contributed by atoms with Gasteiger partial charge in [0.25, 0.3) is 0 Å². The van der Waals surface area contributed by atoms with Crippen LogP contribution in [0.4, 0.5) is 0 Å². The second kappa shape index (κ2) is 7.80. The molecule has 0 aliphatic rings. The van der Waals surface area contributed by atoms with Gasteiger partial charge in [-0.1, -0.05) is 6.92 Å². The lowest BCUT2D eigenvalue weighted by Gasteiger charge is -2.20. The lowest BCUT2D eigenvalue weighted by Crippen LogP contribution is -2.31. The zero-order chi connectivity index (χ0) is 11.0. The maximum atomic E-state index is 11.6. The van der Waals surface area contributed by atoms with Crippen LogP contribution in [-0.4, -0.2) is 29.9 Å². The Labute approximate surface area is 87.6 Å². The maximum Gasteiger partial charge on any atom is 0.222 e. The Morgan fingerprint density at radius 1 is 1.43 bits per heavy atom. The van der Waals surface area contributed by atoms with E-state index in [-0.39, 0.29) is 11.9 Å². The third-order valence-corrected chi connectivity index (χ3v) is 2.28. The molecule has 1 amide bonds. The van der Waals surface area contributed by atoms with Gasteiger partial charge in [-0.2, -0.15) is 0 Å². The Morgan fingerprint density at radius 2 is 2.07 bits per heavy atom. The first-order valence-corrected chi connectivity index (χ1v) is 5.65. The van der Waals surface area contributed by atoms with E-state index in [2.05, 4.69) is 6.92 Å². The molecule has 0 rings (SSSR count). The fourth-order valence-corrected chi connectivity index (χ4v) is 1.46. The summed E-state index contributed by atoms with van der Waals surface area (Å²) in [6.45, 7) is 7.81. The van der Waals surface area contributed by atoms with Gasteiger partial charge < -0.3 is 10.6 Å². The Bertz CT molecular complexity index is 157. The van der Waals surface area contributed by atoms with Gasteiger partial charge in [0.05, 0.1) is 0 Å². The molecular formula is C11H24N2O. The van der Waals surface area contributed by atoms with Crippen LogP contribution in [0, 0.1) is 0 Å². The van der Waals surface area contributed by atoms with Crippen LogP contribution in [0.15, 0.2) is 0 Å². The van der Waals surface area contributed by atoms with E-state index >= 15 is 0 Å². The first-order chi connectivity index (χ1) is 6.61. The number of carbonyl (C=O) groups is 1. The summed E-state index contributed by atoms with van der Waals surface area (Å²) in [6.07, 6.45) is 3.54. The zero-order valence-electron chi connectivity index (χ0n) is 9.75. The number of nitrogens with two attached hydrogens (primary N) is 1. The van der Waals surface area contributed by atoms with Crippen LogP contribution in [0.3, 0.4) is 0 Å². The summed E-state index contributed by atoms with van der Waals surface area (Å²) < 4.78 is 0. The summed E-state index contributed by atoms with van der Waals surface area (Å²) >= 11 is 0. The molecule has 0 aliphatic heterocycles. The normalized spacial score (nSPS) is 12.6. The van der Waals surface area contributed by atoms with Crippen molar-refractivity contribution >= 4 is 5.91 Å². The van der Waals surface area contributed by atoms with Gasteiger partial charge in [0.2, 0.25) is 5.91 Å². The SMILES string of the molecule is CCCN(CC)C(=O)CCCC(C)N. The molecule has 0 aliphatic carbocycles. The number of nitrogens with zero attached hydrogens (tertiary/aromatic N) is 1. The summed E-state index contributed by atoms with van der Waals surface area (Å²) in [5.41, 5.74) is 5.62. The van der Waals surface area contributed by atoms with E-state index in [1.807, 2.05) is 18.7 Å². The van der Waals surface area contributed by atoms with E-state index in [0.29, 0.717) is 6.42 Å². The van der Waals surface area contributed by atoms with Crippen molar-refractivity contribution in [3.8, 4) is 0 Å². The van der Waals surface area contributed by atoms with E-state index in [0.717, 1.165) is 32.4 Å². The molecule has 14 heavy (non-hydrogen) atoms. The quantitative estimate of drug-likeness (QED) is 0.680. The fourth-order valence-electron chi connectivity index (χ4n) is 1.46. The molecule has 0 fully saturated rings. The predicted octanol–water partition coefficient (Wildman–Crippen LogP) is 1.76. The summed E-state index contributed by atoms with van der Waals surface area (Å²) in [5, 5.41) is 0. The molecule has 2 N–H and O–H groups in total. The van der Waals surface area contributed by atoms with Crippen molar-refractivity contribution in [3.63, 3.8) is 0 Å². The summed E-state index contributed by atoms with van der Waals surface area (Å²) in [5.74, 6) is 0.273. The topological polar surface area (TPSA) is 46.3 Å². The van der Waals surface area contributed by atoms with Crippen LogP contribution < -0.4 is 5.73 Å². The van der Waals surface area contributed by atoms with Crippen LogP contribution in [-0.2, 0) is 4.79 Å². The van der Waals surface area contributed by atoms with E-state index in [1.165, 1.54) is 0 Å². The number of amides is 1. The van der Waals surface area contributed by atoms with Crippen molar-refractivity contribution < 1.29 is 4.79 Å². The van der Waals surface area contributed by atoms with E-state index < -0.39 is 0 Å². The van der Waals surface area contributed by atoms with Crippen LogP contribution in [0.1, 0.15) is 46.5 Å². The molecule has 0 saturated carbocycles. The van der Waals surface area contributed by atoms with Crippen molar-refractivity contribution in [2.45, 2.75) is 52.5 Å². The van der Waals surface area contributed by atoms with Gasteiger partial charge in [-0.15, -0.1) is 0 Å². The van der Waals surface area contributed by atoms with Gasteiger partial charge in [-0.05, 0) is 33.1 Å². The predicted molar refractivity (Wildman–Crippen MR) is 60.0 cm³/mol. The first-order valence-electron chi connectivity index (χ1n) is 5.65. The van der Waals surface area contributed by atoms with Crippen LogP contribution in [0.5, 0.6) is 0 Å². The van der Waals surface area contributed by atoms with Crippen molar-refractivity contribution in [3.05, 3.63) is 0 Å². The second-order valence-electron chi connectivity index (χ2n) is 3.84. The standard InChI is InChI=1S/C11H24N2O/c1-4-9-13(5-2)11(14)8-6-7-10(3)12/h10H,4-9,12H2,1-3H3. The van der Waals surface area contributed by atoms with Gasteiger partial charge in [0.1, 0.15) is 0 Å².